The molecule has 3 N–H and O–H groups in total. The van der Waals surface area contributed by atoms with Gasteiger partial charge in [-0.15, -0.1) is 0 Å². The number of halogens is 1. The molecule has 0 unspecified atom stereocenters. The summed E-state index contributed by atoms with van der Waals surface area (Å²) in [7, 11) is 0. The number of rotatable bonds is 2. The first-order valence-corrected chi connectivity index (χ1v) is 5.79. The summed E-state index contributed by atoms with van der Waals surface area (Å²) in [5.41, 5.74) is 7.85. The Morgan fingerprint density at radius 2 is 2.12 bits per heavy atom. The summed E-state index contributed by atoms with van der Waals surface area (Å²) >= 11 is 3.14. The first-order chi connectivity index (χ1) is 8.08. The second-order valence-corrected chi connectivity index (χ2v) is 4.38. The van der Waals surface area contributed by atoms with Crippen LogP contribution in [0.3, 0.4) is 0 Å². The van der Waals surface area contributed by atoms with Gasteiger partial charge in [-0.05, 0) is 46.6 Å². The van der Waals surface area contributed by atoms with E-state index in [0.29, 0.717) is 16.0 Å². The van der Waals surface area contributed by atoms with Gasteiger partial charge in [0, 0.05) is 0 Å². The molecule has 4 nitrogen and oxygen atoms in total. The van der Waals surface area contributed by atoms with Gasteiger partial charge < -0.3 is 15.5 Å². The minimum absolute atomic E-state index is 0.236. The van der Waals surface area contributed by atoms with Gasteiger partial charge in [-0.25, -0.2) is 0 Å². The summed E-state index contributed by atoms with van der Waals surface area (Å²) in [6.07, 6.45) is 0. The summed E-state index contributed by atoms with van der Waals surface area (Å²) in [5.74, 6) is -0.0868. The number of furan rings is 1. The number of carbonyl (C=O) groups excluding carboxylic acids is 1. The molecule has 17 heavy (non-hydrogen) atoms. The summed E-state index contributed by atoms with van der Waals surface area (Å²) in [5, 5.41) is 2.73. The van der Waals surface area contributed by atoms with Gasteiger partial charge in [0.2, 0.25) is 0 Å². The number of nitrogen functional groups attached to an aromatic ring is 1. The van der Waals surface area contributed by atoms with Crippen molar-refractivity contribution >= 4 is 33.2 Å². The monoisotopic (exact) mass is 294 g/mol. The number of nitrogens with one attached hydrogen (secondary N) is 1. The second kappa shape index (κ2) is 4.63. The quantitative estimate of drug-likeness (QED) is 0.836. The van der Waals surface area contributed by atoms with Crippen molar-refractivity contribution in [3.05, 3.63) is 46.3 Å². The van der Waals surface area contributed by atoms with Crippen molar-refractivity contribution in [3.63, 3.8) is 0 Å². The zero-order chi connectivity index (χ0) is 12.4. The number of anilines is 2. The van der Waals surface area contributed by atoms with Gasteiger partial charge in [-0.3, -0.25) is 4.79 Å². The Hall–Kier alpha value is -1.75. The van der Waals surface area contributed by atoms with E-state index in [4.69, 9.17) is 10.2 Å². The van der Waals surface area contributed by atoms with Crippen LogP contribution in [-0.4, -0.2) is 5.91 Å². The molecule has 1 aromatic heterocycles. The lowest BCUT2D eigenvalue weighted by Gasteiger charge is -2.09. The molecule has 0 saturated carbocycles. The lowest BCUT2D eigenvalue weighted by molar-refractivity contribution is 0.0995. The van der Waals surface area contributed by atoms with Crippen LogP contribution < -0.4 is 11.1 Å². The summed E-state index contributed by atoms with van der Waals surface area (Å²) in [6, 6.07) is 8.71. The highest BCUT2D eigenvalue weighted by Crippen LogP contribution is 2.24. The van der Waals surface area contributed by atoms with Crippen LogP contribution >= 0.6 is 15.9 Å². The van der Waals surface area contributed by atoms with Crippen molar-refractivity contribution < 1.29 is 9.21 Å². The predicted octanol–water partition coefficient (Wildman–Crippen LogP) is 3.19. The highest BCUT2D eigenvalue weighted by atomic mass is 79.9. The van der Waals surface area contributed by atoms with Crippen molar-refractivity contribution in [1.82, 2.24) is 0 Å². The number of benzene rings is 1. The number of hydrogen-bond acceptors (Lipinski definition) is 3. The fourth-order valence-corrected chi connectivity index (χ4v) is 1.78. The summed E-state index contributed by atoms with van der Waals surface area (Å²) in [6.45, 7) is 1.88. The lowest BCUT2D eigenvalue weighted by atomic mass is 10.1. The molecule has 0 aliphatic carbocycles. The third kappa shape index (κ3) is 2.50. The van der Waals surface area contributed by atoms with Gasteiger partial charge in [0.05, 0.1) is 11.4 Å². The van der Waals surface area contributed by atoms with Crippen LogP contribution in [0.15, 0.2) is 39.4 Å². The molecule has 88 valence electrons. The zero-order valence-electron chi connectivity index (χ0n) is 9.16. The third-order valence-corrected chi connectivity index (χ3v) is 2.77. The van der Waals surface area contributed by atoms with Gasteiger partial charge in [-0.1, -0.05) is 12.1 Å². The normalized spacial score (nSPS) is 10.2. The maximum Gasteiger partial charge on any atom is 0.291 e. The summed E-state index contributed by atoms with van der Waals surface area (Å²) in [4.78, 5) is 11.9. The molecule has 0 saturated heterocycles. The molecule has 0 radical (unpaired) electrons. The van der Waals surface area contributed by atoms with E-state index in [9.17, 15) is 4.79 Å². The lowest BCUT2D eigenvalue weighted by Crippen LogP contribution is -2.13. The summed E-state index contributed by atoms with van der Waals surface area (Å²) < 4.78 is 5.68. The molecule has 0 bridgehead atoms. The zero-order valence-corrected chi connectivity index (χ0v) is 10.7. The van der Waals surface area contributed by atoms with E-state index in [1.807, 2.05) is 19.1 Å². The molecule has 0 spiro atoms. The molecule has 2 aromatic rings. The Kier molecular flexibility index (Phi) is 3.19. The maximum atomic E-state index is 11.9. The number of nitrogens with two attached hydrogens (primary N) is 1. The van der Waals surface area contributed by atoms with Crippen molar-refractivity contribution in [2.45, 2.75) is 6.92 Å². The molecule has 2 rings (SSSR count). The van der Waals surface area contributed by atoms with E-state index in [-0.39, 0.29) is 11.7 Å². The molecule has 1 heterocycles. The number of aryl methyl sites for hydroxylation is 1. The van der Waals surface area contributed by atoms with Crippen LogP contribution in [-0.2, 0) is 0 Å². The number of para-hydroxylation sites is 1. The van der Waals surface area contributed by atoms with Gasteiger partial charge in [-0.2, -0.15) is 0 Å². The molecule has 5 heteroatoms. The van der Waals surface area contributed by atoms with Gasteiger partial charge >= 0.3 is 0 Å². The van der Waals surface area contributed by atoms with E-state index >= 15 is 0 Å². The standard InChI is InChI=1S/C12H11BrN2O2/c1-7-3-2-4-8(14)11(7)15-12(16)9-5-6-10(13)17-9/h2-6H,14H2,1H3,(H,15,16). The van der Waals surface area contributed by atoms with Gasteiger partial charge in [0.25, 0.3) is 5.91 Å². The number of carbonyl (C=O) groups is 1. The topological polar surface area (TPSA) is 68.3 Å². The third-order valence-electron chi connectivity index (χ3n) is 2.34. The van der Waals surface area contributed by atoms with Crippen molar-refractivity contribution in [1.29, 1.82) is 0 Å². The fraction of sp³-hybridized carbons (Fsp3) is 0.0833. The smallest absolute Gasteiger partial charge is 0.291 e. The minimum atomic E-state index is -0.322. The molecular formula is C12H11BrN2O2. The van der Waals surface area contributed by atoms with E-state index in [1.165, 1.54) is 0 Å². The Morgan fingerprint density at radius 3 is 2.71 bits per heavy atom. The minimum Gasteiger partial charge on any atom is -0.444 e. The van der Waals surface area contributed by atoms with Crippen LogP contribution in [0, 0.1) is 6.92 Å². The Bertz CT molecular complexity index is 543. The fourth-order valence-electron chi connectivity index (χ4n) is 1.47. The Morgan fingerprint density at radius 1 is 1.35 bits per heavy atom. The number of amides is 1. The van der Waals surface area contributed by atoms with E-state index in [1.54, 1.807) is 18.2 Å². The molecular weight excluding hydrogens is 284 g/mol. The first kappa shape index (κ1) is 11.7. The van der Waals surface area contributed by atoms with E-state index < -0.39 is 0 Å². The molecule has 1 aromatic carbocycles. The average molecular weight is 295 g/mol. The van der Waals surface area contributed by atoms with Crippen molar-refractivity contribution in [3.8, 4) is 0 Å². The number of hydrogen-bond donors (Lipinski definition) is 2. The van der Waals surface area contributed by atoms with E-state index in [2.05, 4.69) is 21.2 Å². The Labute approximate surface area is 107 Å². The molecule has 1 amide bonds. The molecule has 0 fully saturated rings. The van der Waals surface area contributed by atoms with Crippen LogP contribution in [0.5, 0.6) is 0 Å². The van der Waals surface area contributed by atoms with Crippen LogP contribution in [0.2, 0.25) is 0 Å². The van der Waals surface area contributed by atoms with Crippen LogP contribution in [0.1, 0.15) is 16.1 Å². The highest BCUT2D eigenvalue weighted by Gasteiger charge is 2.13. The molecule has 0 aliphatic rings. The van der Waals surface area contributed by atoms with Crippen LogP contribution in [0.25, 0.3) is 0 Å². The van der Waals surface area contributed by atoms with Gasteiger partial charge in [0.1, 0.15) is 0 Å². The second-order valence-electron chi connectivity index (χ2n) is 3.60. The van der Waals surface area contributed by atoms with Crippen LogP contribution in [0.4, 0.5) is 11.4 Å². The van der Waals surface area contributed by atoms with Crippen molar-refractivity contribution in [2.24, 2.45) is 0 Å². The van der Waals surface area contributed by atoms with E-state index in [0.717, 1.165) is 5.56 Å². The highest BCUT2D eigenvalue weighted by molar-refractivity contribution is 9.10. The molecule has 0 aliphatic heterocycles. The SMILES string of the molecule is Cc1cccc(N)c1NC(=O)c1ccc(Br)o1. The predicted molar refractivity (Wildman–Crippen MR) is 70.0 cm³/mol. The van der Waals surface area contributed by atoms with Gasteiger partial charge in [0.15, 0.2) is 10.4 Å². The average Bonchev–Trinajstić information content (AvgIpc) is 2.70. The molecule has 0 atom stereocenters. The largest absolute Gasteiger partial charge is 0.444 e. The Balaban J connectivity index is 2.24. The van der Waals surface area contributed by atoms with Crippen molar-refractivity contribution in [2.75, 3.05) is 11.1 Å². The maximum absolute atomic E-state index is 11.9. The first-order valence-electron chi connectivity index (χ1n) is 4.99.